The largest absolute Gasteiger partial charge is 0.416 e. The summed E-state index contributed by atoms with van der Waals surface area (Å²) in [6, 6.07) is 3.90. The molecule has 7 nitrogen and oxygen atoms in total. The van der Waals surface area contributed by atoms with Gasteiger partial charge in [0.1, 0.15) is 6.10 Å². The third-order valence-electron chi connectivity index (χ3n) is 4.93. The summed E-state index contributed by atoms with van der Waals surface area (Å²) in [6.45, 7) is 1.31. The molecule has 3 heterocycles. The minimum Gasteiger partial charge on any atom is -0.368 e. The number of aromatic nitrogens is 1. The van der Waals surface area contributed by atoms with Crippen LogP contribution in [0.4, 0.5) is 28.8 Å². The Labute approximate surface area is 174 Å². The quantitative estimate of drug-likeness (QED) is 0.759. The van der Waals surface area contributed by atoms with Gasteiger partial charge in [0, 0.05) is 30.1 Å². The van der Waals surface area contributed by atoms with Crippen LogP contribution in [0, 0.1) is 0 Å². The van der Waals surface area contributed by atoms with E-state index in [-0.39, 0.29) is 11.6 Å². The number of hydrogen-bond acceptors (Lipinski definition) is 5. The third-order valence-corrected chi connectivity index (χ3v) is 5.93. The number of hydrogen-bond donors (Lipinski definition) is 2. The first kappa shape index (κ1) is 20.6. The number of ether oxygens (including phenoxy) is 1. The lowest BCUT2D eigenvalue weighted by atomic mass is 10.2. The van der Waals surface area contributed by atoms with E-state index < -0.39 is 23.9 Å². The molecule has 1 atom stereocenters. The van der Waals surface area contributed by atoms with Gasteiger partial charge >= 0.3 is 12.2 Å². The van der Waals surface area contributed by atoms with E-state index in [0.29, 0.717) is 37.7 Å². The second-order valence-electron chi connectivity index (χ2n) is 7.06. The van der Waals surface area contributed by atoms with Crippen molar-refractivity contribution in [3.8, 4) is 0 Å². The molecule has 1 aromatic carbocycles. The van der Waals surface area contributed by atoms with Crippen LogP contribution in [0.1, 0.15) is 29.0 Å². The zero-order valence-electron chi connectivity index (χ0n) is 15.8. The van der Waals surface area contributed by atoms with Crippen LogP contribution >= 0.6 is 11.3 Å². The monoisotopic (exact) mass is 440 g/mol. The molecule has 1 fully saturated rings. The van der Waals surface area contributed by atoms with Gasteiger partial charge in [-0.05, 0) is 37.1 Å². The zero-order valence-corrected chi connectivity index (χ0v) is 16.6. The molecule has 160 valence electrons. The number of carbonyl (C=O) groups excluding carboxylic acids is 2. The van der Waals surface area contributed by atoms with E-state index in [1.165, 1.54) is 23.5 Å². The maximum absolute atomic E-state index is 12.6. The van der Waals surface area contributed by atoms with Crippen LogP contribution in [0.2, 0.25) is 0 Å². The summed E-state index contributed by atoms with van der Waals surface area (Å²) >= 11 is 1.31. The minimum absolute atomic E-state index is 0.213. The van der Waals surface area contributed by atoms with Crippen LogP contribution in [0.3, 0.4) is 0 Å². The summed E-state index contributed by atoms with van der Waals surface area (Å²) in [7, 11) is 0. The van der Waals surface area contributed by atoms with Crippen LogP contribution in [0.15, 0.2) is 24.3 Å². The first-order valence-corrected chi connectivity index (χ1v) is 10.3. The predicted molar refractivity (Wildman–Crippen MR) is 104 cm³/mol. The third kappa shape index (κ3) is 4.57. The molecule has 2 aliphatic rings. The number of carbonyl (C=O) groups is 2. The molecule has 2 aliphatic heterocycles. The molecular weight excluding hydrogens is 421 g/mol. The van der Waals surface area contributed by atoms with Crippen molar-refractivity contribution in [2.24, 2.45) is 0 Å². The summed E-state index contributed by atoms with van der Waals surface area (Å²) < 4.78 is 43.3. The molecule has 2 N–H and O–H groups in total. The summed E-state index contributed by atoms with van der Waals surface area (Å²) in [5.74, 6) is -0.213. The molecule has 30 heavy (non-hydrogen) atoms. The lowest BCUT2D eigenvalue weighted by Crippen LogP contribution is -2.38. The maximum Gasteiger partial charge on any atom is 0.416 e. The lowest BCUT2D eigenvalue weighted by molar-refractivity contribution is -0.137. The van der Waals surface area contributed by atoms with Crippen molar-refractivity contribution >= 4 is 34.1 Å². The van der Waals surface area contributed by atoms with E-state index in [1.54, 1.807) is 4.90 Å². The Kier molecular flexibility index (Phi) is 5.65. The number of nitrogens with zero attached hydrogens (tertiary/aromatic N) is 2. The van der Waals surface area contributed by atoms with Crippen molar-refractivity contribution in [1.82, 2.24) is 9.88 Å². The van der Waals surface area contributed by atoms with Crippen molar-refractivity contribution < 1.29 is 27.5 Å². The van der Waals surface area contributed by atoms with Crippen LogP contribution in [-0.2, 0) is 28.7 Å². The van der Waals surface area contributed by atoms with Crippen LogP contribution in [0.25, 0.3) is 0 Å². The fourth-order valence-corrected chi connectivity index (χ4v) is 4.36. The Bertz CT molecular complexity index is 939. The van der Waals surface area contributed by atoms with Gasteiger partial charge in [-0.3, -0.25) is 10.1 Å². The van der Waals surface area contributed by atoms with Crippen molar-refractivity contribution in [1.29, 1.82) is 0 Å². The first-order valence-electron chi connectivity index (χ1n) is 9.44. The zero-order chi connectivity index (χ0) is 21.3. The highest BCUT2D eigenvalue weighted by molar-refractivity contribution is 7.15. The van der Waals surface area contributed by atoms with E-state index in [4.69, 9.17) is 4.74 Å². The van der Waals surface area contributed by atoms with E-state index in [0.717, 1.165) is 29.1 Å². The number of amides is 3. The van der Waals surface area contributed by atoms with E-state index in [9.17, 15) is 22.8 Å². The molecule has 1 aromatic heterocycles. The fraction of sp³-hybridized carbons (Fsp3) is 0.421. The molecule has 3 amide bonds. The van der Waals surface area contributed by atoms with Gasteiger partial charge in [0.2, 0.25) is 0 Å². The lowest BCUT2D eigenvalue weighted by Gasteiger charge is -2.26. The van der Waals surface area contributed by atoms with E-state index in [2.05, 4.69) is 15.6 Å². The Morgan fingerprint density at radius 1 is 1.20 bits per heavy atom. The van der Waals surface area contributed by atoms with Gasteiger partial charge in [-0.15, -0.1) is 0 Å². The van der Waals surface area contributed by atoms with Gasteiger partial charge in [0.25, 0.3) is 5.91 Å². The van der Waals surface area contributed by atoms with Crippen molar-refractivity contribution in [2.45, 2.75) is 38.1 Å². The Hall–Kier alpha value is -2.66. The Morgan fingerprint density at radius 3 is 2.63 bits per heavy atom. The number of nitrogens with one attached hydrogen (secondary N) is 2. The Morgan fingerprint density at radius 2 is 1.97 bits per heavy atom. The molecule has 2 aromatic rings. The van der Waals surface area contributed by atoms with Gasteiger partial charge in [-0.1, -0.05) is 11.3 Å². The topological polar surface area (TPSA) is 83.6 Å². The second-order valence-corrected chi connectivity index (χ2v) is 8.14. The fourth-order valence-electron chi connectivity index (χ4n) is 3.34. The molecule has 0 spiro atoms. The van der Waals surface area contributed by atoms with Crippen molar-refractivity contribution in [3.63, 3.8) is 0 Å². The first-order chi connectivity index (χ1) is 14.3. The minimum atomic E-state index is -4.42. The van der Waals surface area contributed by atoms with E-state index >= 15 is 0 Å². The standard InChI is InChI=1S/C19H19F3N4O3S/c20-19(21,22)11-3-5-12(6-4-11)23-18(28)26-8-7-13-15(10-26)30-17(24-13)25-16(27)14-2-1-9-29-14/h3-6,14H,1-2,7-10H2,(H,23,28)(H,24,25,27). The number of halogens is 3. The number of thiazole rings is 1. The highest BCUT2D eigenvalue weighted by Crippen LogP contribution is 2.31. The summed E-state index contributed by atoms with van der Waals surface area (Å²) in [5, 5.41) is 5.87. The van der Waals surface area contributed by atoms with Crippen LogP contribution < -0.4 is 10.6 Å². The smallest absolute Gasteiger partial charge is 0.368 e. The van der Waals surface area contributed by atoms with Crippen molar-refractivity contribution in [3.05, 3.63) is 40.4 Å². The second kappa shape index (κ2) is 8.23. The molecule has 1 saturated heterocycles. The SMILES string of the molecule is O=C(Nc1nc2c(s1)CN(C(=O)Nc1ccc(C(F)(F)F)cc1)CC2)C1CCCO1. The average Bonchev–Trinajstić information content (AvgIpc) is 3.36. The van der Waals surface area contributed by atoms with Gasteiger partial charge in [0.15, 0.2) is 5.13 Å². The average molecular weight is 440 g/mol. The molecule has 0 bridgehead atoms. The molecule has 4 rings (SSSR count). The van der Waals surface area contributed by atoms with E-state index in [1.807, 2.05) is 0 Å². The molecule has 0 saturated carbocycles. The normalized spacial score (nSPS) is 18.8. The molecule has 0 aliphatic carbocycles. The maximum atomic E-state index is 12.6. The summed E-state index contributed by atoms with van der Waals surface area (Å²) in [6.07, 6.45) is -2.79. The summed E-state index contributed by atoms with van der Waals surface area (Å²) in [5.41, 5.74) is 0.346. The summed E-state index contributed by atoms with van der Waals surface area (Å²) in [4.78, 5) is 31.5. The molecular formula is C19H19F3N4O3S. The number of anilines is 2. The van der Waals surface area contributed by atoms with Gasteiger partial charge in [-0.2, -0.15) is 13.2 Å². The van der Waals surface area contributed by atoms with Crippen molar-refractivity contribution in [2.75, 3.05) is 23.8 Å². The number of urea groups is 1. The van der Waals surface area contributed by atoms with Crippen LogP contribution in [0.5, 0.6) is 0 Å². The van der Waals surface area contributed by atoms with Gasteiger partial charge in [-0.25, -0.2) is 9.78 Å². The number of benzene rings is 1. The number of fused-ring (bicyclic) bond motifs is 1. The van der Waals surface area contributed by atoms with Gasteiger partial charge in [0.05, 0.1) is 17.8 Å². The molecule has 1 unspecified atom stereocenters. The highest BCUT2D eigenvalue weighted by atomic mass is 32.1. The number of rotatable bonds is 3. The highest BCUT2D eigenvalue weighted by Gasteiger charge is 2.30. The Balaban J connectivity index is 1.36. The van der Waals surface area contributed by atoms with Crippen LogP contribution in [-0.4, -0.2) is 41.1 Å². The van der Waals surface area contributed by atoms with Gasteiger partial charge < -0.3 is 15.0 Å². The molecule has 11 heteroatoms. The predicted octanol–water partition coefficient (Wildman–Crippen LogP) is 3.87. The molecule has 0 radical (unpaired) electrons. The number of alkyl halides is 3.